The number of aryl methyl sites for hydroxylation is 1. The molecule has 0 spiro atoms. The van der Waals surface area contributed by atoms with Crippen molar-refractivity contribution in [2.24, 2.45) is 0 Å². The van der Waals surface area contributed by atoms with Crippen molar-refractivity contribution in [3.63, 3.8) is 0 Å². The van der Waals surface area contributed by atoms with E-state index in [2.05, 4.69) is 15.5 Å². The molecule has 8 heteroatoms. The number of amides is 1. The lowest BCUT2D eigenvalue weighted by Crippen LogP contribution is -2.32. The Balaban J connectivity index is 1.55. The van der Waals surface area contributed by atoms with Gasteiger partial charge in [-0.1, -0.05) is 53.7 Å². The largest absolute Gasteiger partial charge is 0.355 e. The van der Waals surface area contributed by atoms with Crippen molar-refractivity contribution in [3.05, 3.63) is 65.5 Å². The Bertz CT molecular complexity index is 940. The second-order valence-corrected chi connectivity index (χ2v) is 7.78. The van der Waals surface area contributed by atoms with Crippen LogP contribution in [0.4, 0.5) is 4.39 Å². The average Bonchev–Trinajstić information content (AvgIpc) is 3.04. The van der Waals surface area contributed by atoms with Crippen LogP contribution in [0.15, 0.2) is 53.7 Å². The fourth-order valence-electron chi connectivity index (χ4n) is 2.59. The molecule has 0 aliphatic carbocycles. The molecule has 3 N–H and O–H groups in total. The van der Waals surface area contributed by atoms with Gasteiger partial charge in [0.05, 0.1) is 5.25 Å². The normalized spacial score (nSPS) is 12.0. The van der Waals surface area contributed by atoms with Crippen LogP contribution in [0.1, 0.15) is 18.1 Å². The number of nitrogens with one attached hydrogen (secondary N) is 1. The van der Waals surface area contributed by atoms with E-state index in [1.54, 1.807) is 19.1 Å². The summed E-state index contributed by atoms with van der Waals surface area (Å²) in [6, 6.07) is 14.1. The van der Waals surface area contributed by atoms with Gasteiger partial charge in [0, 0.05) is 12.1 Å². The first-order chi connectivity index (χ1) is 13.4. The van der Waals surface area contributed by atoms with Gasteiger partial charge in [-0.3, -0.25) is 4.79 Å². The molecule has 1 heterocycles. The summed E-state index contributed by atoms with van der Waals surface area (Å²) in [5.74, 6) is 6.28. The summed E-state index contributed by atoms with van der Waals surface area (Å²) < 4.78 is 14.3. The number of benzene rings is 2. The molecule has 28 heavy (non-hydrogen) atoms. The fourth-order valence-corrected chi connectivity index (χ4v) is 3.39. The topological polar surface area (TPSA) is 85.8 Å². The van der Waals surface area contributed by atoms with Gasteiger partial charge in [0.1, 0.15) is 5.82 Å². The maximum absolute atomic E-state index is 12.9. The van der Waals surface area contributed by atoms with Crippen LogP contribution in [0, 0.1) is 12.7 Å². The Morgan fingerprint density at radius 2 is 1.86 bits per heavy atom. The monoisotopic (exact) mass is 399 g/mol. The molecule has 1 aromatic heterocycles. The molecule has 146 valence electrons. The average molecular weight is 399 g/mol. The number of nitrogen functional groups attached to an aromatic ring is 1. The Kier molecular flexibility index (Phi) is 6.30. The summed E-state index contributed by atoms with van der Waals surface area (Å²) in [6.07, 6.45) is 0.633. The van der Waals surface area contributed by atoms with Gasteiger partial charge in [-0.25, -0.2) is 9.07 Å². The maximum atomic E-state index is 12.9. The van der Waals surface area contributed by atoms with Gasteiger partial charge in [0.25, 0.3) is 0 Å². The molecule has 3 rings (SSSR count). The second kappa shape index (κ2) is 8.88. The number of nitrogens with two attached hydrogens (primary N) is 1. The Morgan fingerprint density at radius 3 is 2.54 bits per heavy atom. The predicted molar refractivity (Wildman–Crippen MR) is 109 cm³/mol. The lowest BCUT2D eigenvalue weighted by atomic mass is 10.1. The van der Waals surface area contributed by atoms with Crippen molar-refractivity contribution >= 4 is 17.7 Å². The molecular weight excluding hydrogens is 377 g/mol. The Morgan fingerprint density at radius 1 is 1.18 bits per heavy atom. The standard InChI is InChI=1S/C20H22FN5OS/c1-13-3-7-16(8-4-13)18-24-25-20(26(18)22)28-14(2)19(27)23-12-11-15-5-9-17(21)10-6-15/h3-10,14H,11-12,22H2,1-2H3,(H,23,27)/t14-/m0/s1. The van der Waals surface area contributed by atoms with Crippen LogP contribution in [0.2, 0.25) is 0 Å². The fraction of sp³-hybridized carbons (Fsp3) is 0.250. The first-order valence-corrected chi connectivity index (χ1v) is 9.78. The summed E-state index contributed by atoms with van der Waals surface area (Å²) >= 11 is 1.25. The highest BCUT2D eigenvalue weighted by Crippen LogP contribution is 2.25. The van der Waals surface area contributed by atoms with E-state index < -0.39 is 0 Å². The number of carbonyl (C=O) groups is 1. The minimum absolute atomic E-state index is 0.119. The first kappa shape index (κ1) is 19.9. The van der Waals surface area contributed by atoms with Crippen LogP contribution in [0.25, 0.3) is 11.4 Å². The number of carbonyl (C=O) groups excluding carboxylic acids is 1. The van der Waals surface area contributed by atoms with Gasteiger partial charge in [0.2, 0.25) is 11.1 Å². The molecule has 0 aliphatic rings. The highest BCUT2D eigenvalue weighted by molar-refractivity contribution is 8.00. The van der Waals surface area contributed by atoms with E-state index in [1.807, 2.05) is 31.2 Å². The van der Waals surface area contributed by atoms with E-state index in [0.29, 0.717) is 23.9 Å². The number of rotatable bonds is 7. The lowest BCUT2D eigenvalue weighted by Gasteiger charge is -2.11. The SMILES string of the molecule is Cc1ccc(-c2nnc(S[C@@H](C)C(=O)NCCc3ccc(F)cc3)n2N)cc1. The van der Waals surface area contributed by atoms with Crippen molar-refractivity contribution in [1.82, 2.24) is 20.2 Å². The molecule has 0 bridgehead atoms. The Hall–Kier alpha value is -2.87. The van der Waals surface area contributed by atoms with Crippen LogP contribution in [0.5, 0.6) is 0 Å². The molecule has 0 aliphatic heterocycles. The molecule has 6 nitrogen and oxygen atoms in total. The summed E-state index contributed by atoms with van der Waals surface area (Å²) in [7, 11) is 0. The minimum atomic E-state index is -0.384. The molecule has 0 fully saturated rings. The van der Waals surface area contributed by atoms with E-state index in [1.165, 1.54) is 28.6 Å². The molecule has 3 aromatic rings. The van der Waals surface area contributed by atoms with Crippen LogP contribution in [-0.4, -0.2) is 32.6 Å². The van der Waals surface area contributed by atoms with Crippen LogP contribution < -0.4 is 11.2 Å². The van der Waals surface area contributed by atoms with Crippen LogP contribution >= 0.6 is 11.8 Å². The van der Waals surface area contributed by atoms with Gasteiger partial charge in [0.15, 0.2) is 5.82 Å². The third kappa shape index (κ3) is 4.89. The number of thioether (sulfide) groups is 1. The quantitative estimate of drug-likeness (QED) is 0.471. The first-order valence-electron chi connectivity index (χ1n) is 8.90. The summed E-state index contributed by atoms with van der Waals surface area (Å²) in [6.45, 7) is 4.27. The predicted octanol–water partition coefficient (Wildman–Crippen LogP) is 2.95. The molecule has 0 saturated carbocycles. The van der Waals surface area contributed by atoms with Gasteiger partial charge < -0.3 is 11.2 Å². The van der Waals surface area contributed by atoms with Gasteiger partial charge in [-0.15, -0.1) is 10.2 Å². The lowest BCUT2D eigenvalue weighted by molar-refractivity contribution is -0.120. The number of hydrogen-bond donors (Lipinski definition) is 2. The number of halogens is 1. The van der Waals surface area contributed by atoms with E-state index in [0.717, 1.165) is 16.7 Å². The van der Waals surface area contributed by atoms with Crippen molar-refractivity contribution in [2.45, 2.75) is 30.7 Å². The van der Waals surface area contributed by atoms with E-state index >= 15 is 0 Å². The molecule has 0 saturated heterocycles. The van der Waals surface area contributed by atoms with Crippen molar-refractivity contribution in [2.75, 3.05) is 12.4 Å². The van der Waals surface area contributed by atoms with Gasteiger partial charge >= 0.3 is 0 Å². The third-order valence-electron chi connectivity index (χ3n) is 4.25. The van der Waals surface area contributed by atoms with Crippen molar-refractivity contribution in [1.29, 1.82) is 0 Å². The maximum Gasteiger partial charge on any atom is 0.233 e. The highest BCUT2D eigenvalue weighted by atomic mass is 32.2. The van der Waals surface area contributed by atoms with E-state index in [4.69, 9.17) is 5.84 Å². The highest BCUT2D eigenvalue weighted by Gasteiger charge is 2.19. The number of nitrogens with zero attached hydrogens (tertiary/aromatic N) is 3. The van der Waals surface area contributed by atoms with Gasteiger partial charge in [-0.05, 0) is 38.0 Å². The summed E-state index contributed by atoms with van der Waals surface area (Å²) in [5, 5.41) is 11.2. The van der Waals surface area contributed by atoms with Crippen LogP contribution in [-0.2, 0) is 11.2 Å². The molecule has 0 radical (unpaired) electrons. The minimum Gasteiger partial charge on any atom is -0.355 e. The van der Waals surface area contributed by atoms with E-state index in [9.17, 15) is 9.18 Å². The van der Waals surface area contributed by atoms with Gasteiger partial charge in [-0.2, -0.15) is 0 Å². The number of aromatic nitrogens is 3. The van der Waals surface area contributed by atoms with Crippen molar-refractivity contribution < 1.29 is 9.18 Å². The zero-order valence-corrected chi connectivity index (χ0v) is 16.5. The molecule has 0 unspecified atom stereocenters. The van der Waals surface area contributed by atoms with Crippen LogP contribution in [0.3, 0.4) is 0 Å². The molecule has 2 aromatic carbocycles. The molecule has 1 amide bonds. The second-order valence-electron chi connectivity index (χ2n) is 6.47. The van der Waals surface area contributed by atoms with E-state index in [-0.39, 0.29) is 17.0 Å². The smallest absolute Gasteiger partial charge is 0.233 e. The summed E-state index contributed by atoms with van der Waals surface area (Å²) in [4.78, 5) is 12.3. The number of hydrogen-bond acceptors (Lipinski definition) is 5. The third-order valence-corrected chi connectivity index (χ3v) is 5.31. The zero-order valence-electron chi connectivity index (χ0n) is 15.7. The molecular formula is C20H22FN5OS. The Labute approximate surface area is 167 Å². The zero-order chi connectivity index (χ0) is 20.1. The molecule has 1 atom stereocenters. The summed E-state index contributed by atoms with van der Waals surface area (Å²) in [5.41, 5.74) is 2.97. The van der Waals surface area contributed by atoms with Crippen molar-refractivity contribution in [3.8, 4) is 11.4 Å².